The van der Waals surface area contributed by atoms with Crippen LogP contribution in [0, 0.1) is 0 Å². The third-order valence-corrected chi connectivity index (χ3v) is 5.58. The molecule has 1 fully saturated rings. The fourth-order valence-corrected chi connectivity index (χ4v) is 3.94. The third-order valence-electron chi connectivity index (χ3n) is 5.58. The lowest BCUT2D eigenvalue weighted by molar-refractivity contribution is 0.0394. The van der Waals surface area contributed by atoms with Crippen LogP contribution in [0.1, 0.15) is 11.1 Å². The van der Waals surface area contributed by atoms with E-state index in [-0.39, 0.29) is 0 Å². The molecule has 2 aliphatic rings. The van der Waals surface area contributed by atoms with Gasteiger partial charge in [0.1, 0.15) is 11.4 Å². The summed E-state index contributed by atoms with van der Waals surface area (Å²) in [5.74, 6) is 1.60. The Hall–Kier alpha value is -2.61. The minimum absolute atomic E-state index is 0.577. The van der Waals surface area contributed by atoms with Crippen molar-refractivity contribution in [1.82, 2.24) is 15.5 Å². The molecule has 29 heavy (non-hydrogen) atoms. The Bertz CT molecular complexity index is 849. The van der Waals surface area contributed by atoms with E-state index in [1.54, 1.807) is 7.11 Å². The Labute approximate surface area is 172 Å². The van der Waals surface area contributed by atoms with E-state index in [1.165, 1.54) is 0 Å². The number of fused-ring (bicyclic) bond motifs is 1. The molecule has 1 unspecified atom stereocenters. The van der Waals surface area contributed by atoms with Crippen molar-refractivity contribution in [2.24, 2.45) is 4.99 Å². The SMILES string of the molecule is CNC1(c2ccc(OC)cc2)NC(=NCCN2CCOCC2)Nc2ccccc21. The van der Waals surface area contributed by atoms with Gasteiger partial charge in [0.15, 0.2) is 5.96 Å². The number of nitrogens with zero attached hydrogens (tertiary/aromatic N) is 2. The molecule has 0 amide bonds. The summed E-state index contributed by atoms with van der Waals surface area (Å²) in [6, 6.07) is 16.4. The highest BCUT2D eigenvalue weighted by Crippen LogP contribution is 2.35. The fraction of sp³-hybridized carbons (Fsp3) is 0.409. The molecule has 2 aromatic rings. The van der Waals surface area contributed by atoms with Gasteiger partial charge in [-0.15, -0.1) is 0 Å². The predicted molar refractivity (Wildman–Crippen MR) is 116 cm³/mol. The van der Waals surface area contributed by atoms with E-state index in [2.05, 4.69) is 51.2 Å². The van der Waals surface area contributed by atoms with Crippen LogP contribution in [-0.4, -0.2) is 64.4 Å². The van der Waals surface area contributed by atoms with Crippen molar-refractivity contribution >= 4 is 11.6 Å². The van der Waals surface area contributed by atoms with Crippen LogP contribution in [-0.2, 0) is 10.4 Å². The molecule has 0 aromatic heterocycles. The minimum atomic E-state index is -0.577. The van der Waals surface area contributed by atoms with Crippen molar-refractivity contribution in [3.8, 4) is 5.75 Å². The summed E-state index contributed by atoms with van der Waals surface area (Å²) in [6.45, 7) is 5.20. The zero-order valence-corrected chi connectivity index (χ0v) is 17.1. The average Bonchev–Trinajstić information content (AvgIpc) is 2.79. The largest absolute Gasteiger partial charge is 0.497 e. The van der Waals surface area contributed by atoms with Gasteiger partial charge in [-0.25, -0.2) is 0 Å². The minimum Gasteiger partial charge on any atom is -0.497 e. The Morgan fingerprint density at radius 1 is 1.14 bits per heavy atom. The first kappa shape index (κ1) is 19.7. The molecule has 7 nitrogen and oxygen atoms in total. The van der Waals surface area contributed by atoms with Crippen molar-refractivity contribution in [2.45, 2.75) is 5.66 Å². The van der Waals surface area contributed by atoms with Crippen LogP contribution in [0.5, 0.6) is 5.75 Å². The summed E-state index contributed by atoms with van der Waals surface area (Å²) in [5, 5.41) is 10.6. The quantitative estimate of drug-likeness (QED) is 0.693. The lowest BCUT2D eigenvalue weighted by atomic mass is 9.88. The molecule has 2 aliphatic heterocycles. The molecule has 2 heterocycles. The Morgan fingerprint density at radius 3 is 2.62 bits per heavy atom. The molecule has 2 aromatic carbocycles. The summed E-state index contributed by atoms with van der Waals surface area (Å²) in [6.07, 6.45) is 0. The number of anilines is 1. The average molecular weight is 396 g/mol. The van der Waals surface area contributed by atoms with E-state index in [0.717, 1.165) is 67.9 Å². The summed E-state index contributed by atoms with van der Waals surface area (Å²) in [4.78, 5) is 7.21. The lowest BCUT2D eigenvalue weighted by Gasteiger charge is -2.41. The van der Waals surface area contributed by atoms with Gasteiger partial charge in [0.2, 0.25) is 0 Å². The molecule has 0 bridgehead atoms. The predicted octanol–water partition coefficient (Wildman–Crippen LogP) is 1.82. The first-order chi connectivity index (χ1) is 14.2. The second-order valence-corrected chi connectivity index (χ2v) is 7.21. The van der Waals surface area contributed by atoms with Crippen LogP contribution in [0.3, 0.4) is 0 Å². The normalized spacial score (nSPS) is 23.2. The van der Waals surface area contributed by atoms with Crippen LogP contribution >= 0.6 is 0 Å². The van der Waals surface area contributed by atoms with Gasteiger partial charge in [-0.1, -0.05) is 30.3 Å². The number of morpholine rings is 1. The highest BCUT2D eigenvalue weighted by atomic mass is 16.5. The van der Waals surface area contributed by atoms with Crippen molar-refractivity contribution in [2.75, 3.05) is 58.9 Å². The van der Waals surface area contributed by atoms with Crippen molar-refractivity contribution in [3.63, 3.8) is 0 Å². The van der Waals surface area contributed by atoms with E-state index in [1.807, 2.05) is 25.2 Å². The van der Waals surface area contributed by atoms with E-state index in [4.69, 9.17) is 14.5 Å². The molecule has 0 saturated carbocycles. The number of methoxy groups -OCH3 is 1. The van der Waals surface area contributed by atoms with Gasteiger partial charge in [0, 0.05) is 30.9 Å². The second kappa shape index (κ2) is 8.82. The van der Waals surface area contributed by atoms with E-state index in [9.17, 15) is 0 Å². The highest BCUT2D eigenvalue weighted by Gasteiger charge is 2.39. The molecule has 1 saturated heterocycles. The van der Waals surface area contributed by atoms with Crippen LogP contribution in [0.15, 0.2) is 53.5 Å². The Morgan fingerprint density at radius 2 is 1.90 bits per heavy atom. The zero-order valence-electron chi connectivity index (χ0n) is 17.1. The maximum atomic E-state index is 5.42. The maximum Gasteiger partial charge on any atom is 0.197 e. The molecular formula is C22H29N5O2. The number of rotatable bonds is 6. The van der Waals surface area contributed by atoms with E-state index < -0.39 is 5.66 Å². The smallest absolute Gasteiger partial charge is 0.197 e. The number of nitrogens with one attached hydrogen (secondary N) is 3. The van der Waals surface area contributed by atoms with Crippen LogP contribution in [0.4, 0.5) is 5.69 Å². The second-order valence-electron chi connectivity index (χ2n) is 7.21. The van der Waals surface area contributed by atoms with Gasteiger partial charge in [0.25, 0.3) is 0 Å². The summed E-state index contributed by atoms with van der Waals surface area (Å²) >= 11 is 0. The van der Waals surface area contributed by atoms with Gasteiger partial charge in [-0.05, 0) is 30.8 Å². The highest BCUT2D eigenvalue weighted by molar-refractivity contribution is 5.98. The maximum absolute atomic E-state index is 5.42. The van der Waals surface area contributed by atoms with Crippen molar-refractivity contribution in [1.29, 1.82) is 0 Å². The number of benzene rings is 2. The summed E-state index contributed by atoms with van der Waals surface area (Å²) < 4.78 is 10.8. The number of ether oxygens (including phenoxy) is 2. The number of hydrogen-bond donors (Lipinski definition) is 3. The molecule has 1 atom stereocenters. The van der Waals surface area contributed by atoms with Gasteiger partial charge in [-0.3, -0.25) is 15.2 Å². The summed E-state index contributed by atoms with van der Waals surface area (Å²) in [7, 11) is 3.64. The van der Waals surface area contributed by atoms with Gasteiger partial charge in [0.05, 0.1) is 26.9 Å². The summed E-state index contributed by atoms with van der Waals surface area (Å²) in [5.41, 5.74) is 2.68. The molecule has 154 valence electrons. The zero-order chi connectivity index (χ0) is 20.1. The number of guanidine groups is 1. The molecule has 0 radical (unpaired) electrons. The van der Waals surface area contributed by atoms with E-state index in [0.29, 0.717) is 0 Å². The van der Waals surface area contributed by atoms with Crippen molar-refractivity contribution < 1.29 is 9.47 Å². The molecule has 0 aliphatic carbocycles. The lowest BCUT2D eigenvalue weighted by Crippen LogP contribution is -2.60. The van der Waals surface area contributed by atoms with Crippen molar-refractivity contribution in [3.05, 3.63) is 59.7 Å². The topological polar surface area (TPSA) is 70.2 Å². The van der Waals surface area contributed by atoms with E-state index >= 15 is 0 Å². The van der Waals surface area contributed by atoms with Crippen LogP contribution in [0.2, 0.25) is 0 Å². The molecule has 4 rings (SSSR count). The van der Waals surface area contributed by atoms with Gasteiger partial charge < -0.3 is 20.1 Å². The molecular weight excluding hydrogens is 366 g/mol. The first-order valence-corrected chi connectivity index (χ1v) is 10.1. The first-order valence-electron chi connectivity index (χ1n) is 10.1. The Kier molecular flexibility index (Phi) is 5.99. The van der Waals surface area contributed by atoms with Gasteiger partial charge in [-0.2, -0.15) is 0 Å². The Balaban J connectivity index is 1.61. The third kappa shape index (κ3) is 4.07. The molecule has 0 spiro atoms. The number of hydrogen-bond acceptors (Lipinski definition) is 5. The standard InChI is InChI=1S/C22H29N5O2/c1-23-22(17-7-9-18(28-2)10-8-17)19-5-3-4-6-20(19)25-21(26-22)24-11-12-27-13-15-29-16-14-27/h3-10,23H,11-16H2,1-2H3,(H2,24,25,26). The van der Waals surface area contributed by atoms with Gasteiger partial charge >= 0.3 is 0 Å². The monoisotopic (exact) mass is 395 g/mol. The number of para-hydroxylation sites is 1. The van der Waals surface area contributed by atoms with Crippen LogP contribution in [0.25, 0.3) is 0 Å². The van der Waals surface area contributed by atoms with Crippen LogP contribution < -0.4 is 20.7 Å². The fourth-order valence-electron chi connectivity index (χ4n) is 3.94. The number of aliphatic imine (C=N–C) groups is 1. The molecule has 7 heteroatoms. The molecule has 3 N–H and O–H groups in total.